The Bertz CT molecular complexity index is 682. The first-order valence-electron chi connectivity index (χ1n) is 5.81. The lowest BCUT2D eigenvalue weighted by Crippen LogP contribution is -2.14. The van der Waals surface area contributed by atoms with Crippen molar-refractivity contribution in [3.8, 4) is 5.75 Å². The number of nitrogens with two attached hydrogens (primary N) is 1. The number of rotatable bonds is 3. The highest BCUT2D eigenvalue weighted by molar-refractivity contribution is 6.08. The summed E-state index contributed by atoms with van der Waals surface area (Å²) < 4.78 is 44.0. The van der Waals surface area contributed by atoms with Crippen molar-refractivity contribution >= 4 is 17.3 Å². The topological polar surface area (TPSA) is 64.3 Å². The van der Waals surface area contributed by atoms with Crippen LogP contribution in [0.4, 0.5) is 24.5 Å². The quantitative estimate of drug-likeness (QED) is 0.676. The van der Waals surface area contributed by atoms with E-state index in [4.69, 9.17) is 10.5 Å². The minimum absolute atomic E-state index is 0.0690. The van der Waals surface area contributed by atoms with E-state index in [9.17, 15) is 18.0 Å². The first-order valence-corrected chi connectivity index (χ1v) is 5.81. The van der Waals surface area contributed by atoms with Gasteiger partial charge in [-0.1, -0.05) is 0 Å². The van der Waals surface area contributed by atoms with Crippen molar-refractivity contribution in [2.24, 2.45) is 0 Å². The number of nitrogens with one attached hydrogen (secondary N) is 1. The lowest BCUT2D eigenvalue weighted by molar-refractivity contribution is 0.102. The fourth-order valence-electron chi connectivity index (χ4n) is 1.69. The smallest absolute Gasteiger partial charge is 0.257 e. The molecule has 0 unspecified atom stereocenters. The Hall–Kier alpha value is -2.70. The van der Waals surface area contributed by atoms with Crippen molar-refractivity contribution in [2.75, 3.05) is 18.2 Å². The molecule has 0 saturated carbocycles. The number of benzene rings is 2. The second-order valence-corrected chi connectivity index (χ2v) is 4.16. The zero-order valence-electron chi connectivity index (χ0n) is 10.9. The number of carbonyl (C=O) groups is 1. The van der Waals surface area contributed by atoms with Crippen molar-refractivity contribution in [1.29, 1.82) is 0 Å². The van der Waals surface area contributed by atoms with Gasteiger partial charge in [0.2, 0.25) is 0 Å². The Labute approximate surface area is 118 Å². The number of methoxy groups -OCH3 is 1. The average molecular weight is 296 g/mol. The molecule has 0 atom stereocenters. The van der Waals surface area contributed by atoms with Crippen LogP contribution in [0.3, 0.4) is 0 Å². The summed E-state index contributed by atoms with van der Waals surface area (Å²) in [5.74, 6) is -4.70. The predicted molar refractivity (Wildman–Crippen MR) is 71.7 cm³/mol. The van der Waals surface area contributed by atoms with E-state index in [-0.39, 0.29) is 16.9 Å². The first-order chi connectivity index (χ1) is 9.92. The largest absolute Gasteiger partial charge is 0.497 e. The van der Waals surface area contributed by atoms with Crippen LogP contribution in [0.5, 0.6) is 5.75 Å². The highest BCUT2D eigenvalue weighted by atomic mass is 19.2. The van der Waals surface area contributed by atoms with Crippen molar-refractivity contribution < 1.29 is 22.7 Å². The highest BCUT2D eigenvalue weighted by Crippen LogP contribution is 2.22. The van der Waals surface area contributed by atoms with Gasteiger partial charge in [-0.2, -0.15) is 0 Å². The third kappa shape index (κ3) is 3.07. The molecule has 2 rings (SSSR count). The molecule has 2 aromatic carbocycles. The van der Waals surface area contributed by atoms with E-state index in [0.717, 1.165) is 0 Å². The predicted octanol–water partition coefficient (Wildman–Crippen LogP) is 2.95. The summed E-state index contributed by atoms with van der Waals surface area (Å²) in [5.41, 5.74) is 5.67. The molecule has 3 N–H and O–H groups in total. The zero-order valence-corrected chi connectivity index (χ0v) is 10.9. The monoisotopic (exact) mass is 296 g/mol. The van der Waals surface area contributed by atoms with Gasteiger partial charge >= 0.3 is 0 Å². The summed E-state index contributed by atoms with van der Waals surface area (Å²) in [6, 6.07) is 5.74. The lowest BCUT2D eigenvalue weighted by atomic mass is 10.1. The van der Waals surface area contributed by atoms with Crippen molar-refractivity contribution in [2.45, 2.75) is 0 Å². The van der Waals surface area contributed by atoms with Crippen LogP contribution in [0.15, 0.2) is 30.3 Å². The molecule has 0 spiro atoms. The second-order valence-electron chi connectivity index (χ2n) is 4.16. The van der Waals surface area contributed by atoms with Crippen molar-refractivity contribution in [3.05, 3.63) is 53.3 Å². The number of hydrogen-bond donors (Lipinski definition) is 2. The number of nitrogen functional groups attached to an aromatic ring is 1. The molecular weight excluding hydrogens is 285 g/mol. The van der Waals surface area contributed by atoms with Crippen LogP contribution >= 0.6 is 0 Å². The molecular formula is C14H11F3N2O2. The van der Waals surface area contributed by atoms with Gasteiger partial charge in [-0.25, -0.2) is 13.2 Å². The normalized spacial score (nSPS) is 10.3. The minimum Gasteiger partial charge on any atom is -0.497 e. The molecule has 0 aliphatic carbocycles. The van der Waals surface area contributed by atoms with Crippen molar-refractivity contribution in [3.63, 3.8) is 0 Å². The number of amides is 1. The van der Waals surface area contributed by atoms with Gasteiger partial charge in [0.25, 0.3) is 5.91 Å². The maximum absolute atomic E-state index is 13.1. The summed E-state index contributed by atoms with van der Waals surface area (Å²) in [4.78, 5) is 12.0. The van der Waals surface area contributed by atoms with Crippen LogP contribution in [0.2, 0.25) is 0 Å². The van der Waals surface area contributed by atoms with Crippen LogP contribution in [0, 0.1) is 17.5 Å². The summed E-state index contributed by atoms with van der Waals surface area (Å²) >= 11 is 0. The summed E-state index contributed by atoms with van der Waals surface area (Å²) in [6.45, 7) is 0. The van der Waals surface area contributed by atoms with Gasteiger partial charge in [0.05, 0.1) is 12.7 Å². The molecule has 0 bridgehead atoms. The molecule has 0 fully saturated rings. The van der Waals surface area contributed by atoms with Gasteiger partial charge in [0, 0.05) is 23.5 Å². The van der Waals surface area contributed by atoms with Crippen LogP contribution in [0.25, 0.3) is 0 Å². The van der Waals surface area contributed by atoms with E-state index in [1.165, 1.54) is 19.2 Å². The lowest BCUT2D eigenvalue weighted by Gasteiger charge is -2.09. The summed E-state index contributed by atoms with van der Waals surface area (Å²) in [6.07, 6.45) is 0. The average Bonchev–Trinajstić information content (AvgIpc) is 2.45. The van der Waals surface area contributed by atoms with Crippen LogP contribution in [0.1, 0.15) is 10.4 Å². The van der Waals surface area contributed by atoms with Gasteiger partial charge in [-0.05, 0) is 18.2 Å². The van der Waals surface area contributed by atoms with E-state index in [0.29, 0.717) is 17.9 Å². The van der Waals surface area contributed by atoms with Crippen molar-refractivity contribution in [1.82, 2.24) is 0 Å². The molecule has 0 saturated heterocycles. The number of carbonyl (C=O) groups excluding carboxylic acids is 1. The molecule has 0 aliphatic heterocycles. The molecule has 1 amide bonds. The Kier molecular flexibility index (Phi) is 4.02. The number of halogens is 3. The Balaban J connectivity index is 2.30. The van der Waals surface area contributed by atoms with Gasteiger partial charge in [-0.3, -0.25) is 4.79 Å². The van der Waals surface area contributed by atoms with E-state index >= 15 is 0 Å². The molecule has 7 heteroatoms. The Morgan fingerprint density at radius 3 is 2.33 bits per heavy atom. The molecule has 0 aromatic heterocycles. The molecule has 110 valence electrons. The summed E-state index contributed by atoms with van der Waals surface area (Å²) in [5, 5.41) is 2.24. The first kappa shape index (κ1) is 14.7. The molecule has 2 aromatic rings. The Morgan fingerprint density at radius 2 is 1.76 bits per heavy atom. The number of ether oxygens (including phenoxy) is 1. The molecule has 21 heavy (non-hydrogen) atoms. The highest BCUT2D eigenvalue weighted by Gasteiger charge is 2.15. The fraction of sp³-hybridized carbons (Fsp3) is 0.0714. The number of anilines is 2. The van der Waals surface area contributed by atoms with E-state index in [1.807, 2.05) is 0 Å². The molecule has 4 nitrogen and oxygen atoms in total. The van der Waals surface area contributed by atoms with Gasteiger partial charge in [0.1, 0.15) is 5.75 Å². The second kappa shape index (κ2) is 5.74. The fourth-order valence-corrected chi connectivity index (χ4v) is 1.69. The van der Waals surface area contributed by atoms with E-state index < -0.39 is 23.4 Å². The van der Waals surface area contributed by atoms with Crippen LogP contribution in [-0.4, -0.2) is 13.0 Å². The molecule has 0 aliphatic rings. The Morgan fingerprint density at radius 1 is 1.14 bits per heavy atom. The van der Waals surface area contributed by atoms with Gasteiger partial charge in [-0.15, -0.1) is 0 Å². The van der Waals surface area contributed by atoms with Crippen LogP contribution < -0.4 is 15.8 Å². The SMILES string of the molecule is COc1ccc(N)c(C(=O)Nc2cc(F)c(F)c(F)c2)c1. The van der Waals surface area contributed by atoms with Gasteiger partial charge < -0.3 is 15.8 Å². The maximum atomic E-state index is 13.1. The third-order valence-corrected chi connectivity index (χ3v) is 2.75. The zero-order chi connectivity index (χ0) is 15.6. The van der Waals surface area contributed by atoms with E-state index in [2.05, 4.69) is 5.32 Å². The minimum atomic E-state index is -1.60. The maximum Gasteiger partial charge on any atom is 0.257 e. The third-order valence-electron chi connectivity index (χ3n) is 2.75. The van der Waals surface area contributed by atoms with Gasteiger partial charge in [0.15, 0.2) is 17.5 Å². The van der Waals surface area contributed by atoms with E-state index in [1.54, 1.807) is 6.07 Å². The molecule has 0 radical (unpaired) electrons. The molecule has 0 heterocycles. The van der Waals surface area contributed by atoms with Crippen LogP contribution in [-0.2, 0) is 0 Å². The summed E-state index contributed by atoms with van der Waals surface area (Å²) in [7, 11) is 1.41. The number of hydrogen-bond acceptors (Lipinski definition) is 3. The standard InChI is InChI=1S/C14H11F3N2O2/c1-21-8-2-3-12(18)9(6-8)14(20)19-7-4-10(15)13(17)11(16)5-7/h2-6H,18H2,1H3,(H,19,20).